The second-order valence-corrected chi connectivity index (χ2v) is 3.75. The average Bonchev–Trinajstić information content (AvgIpc) is 2.09. The first-order valence-corrected chi connectivity index (χ1v) is 3.77. The Labute approximate surface area is 66.4 Å². The SMILES string of the molecule is CC1(C)OCC[C@@]1(C)C(=O)O. The van der Waals surface area contributed by atoms with E-state index in [1.165, 1.54) is 0 Å². The molecule has 3 nitrogen and oxygen atoms in total. The van der Waals surface area contributed by atoms with Crippen LogP contribution in [0.25, 0.3) is 0 Å². The zero-order valence-electron chi connectivity index (χ0n) is 7.18. The van der Waals surface area contributed by atoms with Crippen LogP contribution in [0.15, 0.2) is 0 Å². The molecule has 1 aliphatic rings. The summed E-state index contributed by atoms with van der Waals surface area (Å²) < 4.78 is 5.34. The van der Waals surface area contributed by atoms with Gasteiger partial charge in [0.25, 0.3) is 0 Å². The third-order valence-corrected chi connectivity index (χ3v) is 2.87. The van der Waals surface area contributed by atoms with Crippen molar-refractivity contribution in [1.29, 1.82) is 0 Å². The van der Waals surface area contributed by atoms with Crippen molar-refractivity contribution in [2.24, 2.45) is 5.41 Å². The maximum absolute atomic E-state index is 10.9. The van der Waals surface area contributed by atoms with E-state index in [4.69, 9.17) is 9.84 Å². The van der Waals surface area contributed by atoms with Crippen molar-refractivity contribution in [3.05, 3.63) is 0 Å². The molecule has 0 spiro atoms. The summed E-state index contributed by atoms with van der Waals surface area (Å²) in [5, 5.41) is 8.93. The molecule has 0 aliphatic carbocycles. The Morgan fingerprint density at radius 1 is 1.45 bits per heavy atom. The number of aliphatic carboxylic acids is 1. The molecule has 0 saturated carbocycles. The monoisotopic (exact) mass is 158 g/mol. The molecule has 0 unspecified atom stereocenters. The Hall–Kier alpha value is -0.570. The first-order valence-electron chi connectivity index (χ1n) is 3.77. The van der Waals surface area contributed by atoms with E-state index in [-0.39, 0.29) is 0 Å². The van der Waals surface area contributed by atoms with Crippen LogP contribution in [0, 0.1) is 5.41 Å². The molecule has 1 N–H and O–H groups in total. The zero-order chi connectivity index (χ0) is 8.70. The molecular formula is C8H14O3. The number of carboxylic acid groups (broad SMARTS) is 1. The Morgan fingerprint density at radius 3 is 2.18 bits per heavy atom. The molecule has 0 aromatic heterocycles. The van der Waals surface area contributed by atoms with Gasteiger partial charge in [-0.1, -0.05) is 0 Å². The lowest BCUT2D eigenvalue weighted by atomic mass is 9.75. The van der Waals surface area contributed by atoms with E-state index in [1.807, 2.05) is 13.8 Å². The highest BCUT2D eigenvalue weighted by atomic mass is 16.5. The lowest BCUT2D eigenvalue weighted by molar-refractivity contribution is -0.156. The van der Waals surface area contributed by atoms with Gasteiger partial charge in [0.05, 0.1) is 11.0 Å². The topological polar surface area (TPSA) is 46.5 Å². The zero-order valence-corrected chi connectivity index (χ0v) is 7.18. The normalized spacial score (nSPS) is 35.5. The highest BCUT2D eigenvalue weighted by Crippen LogP contribution is 2.42. The van der Waals surface area contributed by atoms with Gasteiger partial charge in [0.15, 0.2) is 0 Å². The molecule has 1 saturated heterocycles. The summed E-state index contributed by atoms with van der Waals surface area (Å²) in [6.07, 6.45) is 0.606. The molecule has 1 fully saturated rings. The maximum Gasteiger partial charge on any atom is 0.312 e. The summed E-state index contributed by atoms with van der Waals surface area (Å²) in [4.78, 5) is 10.9. The average molecular weight is 158 g/mol. The Morgan fingerprint density at radius 2 is 2.00 bits per heavy atom. The van der Waals surface area contributed by atoms with Crippen molar-refractivity contribution in [1.82, 2.24) is 0 Å². The molecule has 0 aromatic rings. The van der Waals surface area contributed by atoms with Crippen molar-refractivity contribution < 1.29 is 14.6 Å². The third kappa shape index (κ3) is 1.03. The number of ether oxygens (including phenoxy) is 1. The Balaban J connectivity index is 2.93. The van der Waals surface area contributed by atoms with E-state index in [2.05, 4.69) is 0 Å². The van der Waals surface area contributed by atoms with Crippen molar-refractivity contribution in [3.8, 4) is 0 Å². The van der Waals surface area contributed by atoms with Crippen LogP contribution < -0.4 is 0 Å². The summed E-state index contributed by atoms with van der Waals surface area (Å²) in [5.41, 5.74) is -1.24. The van der Waals surface area contributed by atoms with E-state index < -0.39 is 17.0 Å². The predicted molar refractivity (Wildman–Crippen MR) is 40.4 cm³/mol. The van der Waals surface area contributed by atoms with Crippen LogP contribution in [0.4, 0.5) is 0 Å². The van der Waals surface area contributed by atoms with E-state index in [0.29, 0.717) is 13.0 Å². The first-order chi connectivity index (χ1) is 4.90. The predicted octanol–water partition coefficient (Wildman–Crippen LogP) is 1.28. The highest BCUT2D eigenvalue weighted by molar-refractivity contribution is 5.76. The molecule has 11 heavy (non-hydrogen) atoms. The number of hydrogen-bond acceptors (Lipinski definition) is 2. The van der Waals surface area contributed by atoms with Crippen molar-refractivity contribution >= 4 is 5.97 Å². The van der Waals surface area contributed by atoms with Gasteiger partial charge in [-0.05, 0) is 27.2 Å². The summed E-state index contributed by atoms with van der Waals surface area (Å²) in [6.45, 7) is 5.94. The van der Waals surface area contributed by atoms with E-state index >= 15 is 0 Å². The van der Waals surface area contributed by atoms with Crippen molar-refractivity contribution in [2.45, 2.75) is 32.8 Å². The Bertz CT molecular complexity index is 186. The largest absolute Gasteiger partial charge is 0.481 e. The van der Waals surface area contributed by atoms with Gasteiger partial charge in [0.1, 0.15) is 0 Å². The van der Waals surface area contributed by atoms with Crippen LogP contribution in [-0.4, -0.2) is 23.3 Å². The Kier molecular flexibility index (Phi) is 1.71. The fourth-order valence-electron chi connectivity index (χ4n) is 1.34. The standard InChI is InChI=1S/C8H14O3/c1-7(2)8(3,6(9)10)4-5-11-7/h4-5H2,1-3H3,(H,9,10)/t8-/m0/s1. The van der Waals surface area contributed by atoms with Crippen molar-refractivity contribution in [2.75, 3.05) is 6.61 Å². The summed E-state index contributed by atoms with van der Waals surface area (Å²) in [5.74, 6) is -0.764. The van der Waals surface area contributed by atoms with Gasteiger partial charge in [-0.25, -0.2) is 0 Å². The van der Waals surface area contributed by atoms with Crippen LogP contribution in [0.5, 0.6) is 0 Å². The van der Waals surface area contributed by atoms with Crippen LogP contribution in [0.2, 0.25) is 0 Å². The van der Waals surface area contributed by atoms with Gasteiger partial charge in [-0.3, -0.25) is 4.79 Å². The molecule has 0 bridgehead atoms. The molecule has 3 heteroatoms. The smallest absolute Gasteiger partial charge is 0.312 e. The van der Waals surface area contributed by atoms with Gasteiger partial charge in [0, 0.05) is 6.61 Å². The second kappa shape index (κ2) is 2.21. The minimum atomic E-state index is -0.764. The number of carboxylic acids is 1. The molecule has 64 valence electrons. The second-order valence-electron chi connectivity index (χ2n) is 3.75. The fourth-order valence-corrected chi connectivity index (χ4v) is 1.34. The minimum absolute atomic E-state index is 0.529. The number of carbonyl (C=O) groups is 1. The molecule has 0 radical (unpaired) electrons. The summed E-state index contributed by atoms with van der Waals surface area (Å²) in [7, 11) is 0. The quantitative estimate of drug-likeness (QED) is 0.625. The number of rotatable bonds is 1. The van der Waals surface area contributed by atoms with E-state index in [9.17, 15) is 4.79 Å². The molecular weight excluding hydrogens is 144 g/mol. The lowest BCUT2D eigenvalue weighted by Gasteiger charge is -2.32. The van der Waals surface area contributed by atoms with Crippen molar-refractivity contribution in [3.63, 3.8) is 0 Å². The molecule has 1 aliphatic heterocycles. The van der Waals surface area contributed by atoms with E-state index in [0.717, 1.165) is 0 Å². The van der Waals surface area contributed by atoms with Gasteiger partial charge in [-0.15, -0.1) is 0 Å². The summed E-state index contributed by atoms with van der Waals surface area (Å²) >= 11 is 0. The van der Waals surface area contributed by atoms with Gasteiger partial charge in [0.2, 0.25) is 0 Å². The van der Waals surface area contributed by atoms with Crippen LogP contribution in [-0.2, 0) is 9.53 Å². The van der Waals surface area contributed by atoms with Gasteiger partial charge in [-0.2, -0.15) is 0 Å². The van der Waals surface area contributed by atoms with Gasteiger partial charge < -0.3 is 9.84 Å². The first kappa shape index (κ1) is 8.53. The van der Waals surface area contributed by atoms with Crippen LogP contribution >= 0.6 is 0 Å². The van der Waals surface area contributed by atoms with E-state index in [1.54, 1.807) is 6.92 Å². The lowest BCUT2D eigenvalue weighted by Crippen LogP contribution is -2.43. The van der Waals surface area contributed by atoms with Crippen LogP contribution in [0.3, 0.4) is 0 Å². The molecule has 0 aromatic carbocycles. The maximum atomic E-state index is 10.9. The molecule has 0 amide bonds. The molecule has 1 rings (SSSR count). The minimum Gasteiger partial charge on any atom is -0.481 e. The van der Waals surface area contributed by atoms with Gasteiger partial charge >= 0.3 is 5.97 Å². The summed E-state index contributed by atoms with van der Waals surface area (Å²) in [6, 6.07) is 0. The molecule has 1 atom stereocenters. The highest BCUT2D eigenvalue weighted by Gasteiger charge is 2.52. The third-order valence-electron chi connectivity index (χ3n) is 2.87. The number of hydrogen-bond donors (Lipinski definition) is 1. The molecule has 1 heterocycles. The fraction of sp³-hybridized carbons (Fsp3) is 0.875. The van der Waals surface area contributed by atoms with Crippen LogP contribution in [0.1, 0.15) is 27.2 Å².